The molecule has 0 aromatic carbocycles. The standard InChI is InChI=1S/C12H22O11/c13-1-3-5(15)6(16)9(19)12(22-3)23-10-4(2-14)21-11(20)8(18)7(10)17/h3-20H,1-2H2/t3?,4?,5-,6+,7-,8?,9?,10+,11-,12+/m0/s1. The maximum Gasteiger partial charge on any atom is 0.187 e. The van der Waals surface area contributed by atoms with Gasteiger partial charge in [-0.05, 0) is 0 Å². The van der Waals surface area contributed by atoms with Gasteiger partial charge in [0.25, 0.3) is 0 Å². The molecule has 0 spiro atoms. The Balaban J connectivity index is 2.11. The molecule has 2 saturated heterocycles. The van der Waals surface area contributed by atoms with Crippen molar-refractivity contribution in [2.75, 3.05) is 13.2 Å². The second-order valence-electron chi connectivity index (χ2n) is 5.53. The number of aliphatic hydroxyl groups excluding tert-OH is 8. The van der Waals surface area contributed by atoms with E-state index in [-0.39, 0.29) is 0 Å². The highest BCUT2D eigenvalue weighted by atomic mass is 16.7. The van der Waals surface area contributed by atoms with Crippen molar-refractivity contribution in [3.05, 3.63) is 0 Å². The van der Waals surface area contributed by atoms with Gasteiger partial charge in [0.15, 0.2) is 12.6 Å². The van der Waals surface area contributed by atoms with Gasteiger partial charge < -0.3 is 55.1 Å². The molecule has 11 heteroatoms. The fraction of sp³-hybridized carbons (Fsp3) is 1.00. The number of aliphatic hydroxyl groups is 8. The van der Waals surface area contributed by atoms with Crippen molar-refractivity contribution in [1.29, 1.82) is 0 Å². The van der Waals surface area contributed by atoms with E-state index in [4.69, 9.17) is 19.3 Å². The lowest BCUT2D eigenvalue weighted by atomic mass is 9.97. The Kier molecular flexibility index (Phi) is 6.27. The predicted molar refractivity (Wildman–Crippen MR) is 68.6 cm³/mol. The highest BCUT2D eigenvalue weighted by Gasteiger charge is 2.50. The number of hydrogen-bond acceptors (Lipinski definition) is 11. The Morgan fingerprint density at radius 3 is 1.83 bits per heavy atom. The largest absolute Gasteiger partial charge is 0.394 e. The molecule has 2 heterocycles. The maximum absolute atomic E-state index is 9.94. The van der Waals surface area contributed by atoms with Gasteiger partial charge in [0.1, 0.15) is 48.8 Å². The minimum Gasteiger partial charge on any atom is -0.394 e. The molecule has 10 atom stereocenters. The quantitative estimate of drug-likeness (QED) is 0.243. The lowest BCUT2D eigenvalue weighted by molar-refractivity contribution is -0.355. The van der Waals surface area contributed by atoms with E-state index < -0.39 is 74.6 Å². The maximum atomic E-state index is 9.94. The minimum absolute atomic E-state index is 0.667. The highest BCUT2D eigenvalue weighted by molar-refractivity contribution is 4.93. The van der Waals surface area contributed by atoms with E-state index in [2.05, 4.69) is 0 Å². The molecule has 0 bridgehead atoms. The molecular formula is C12H22O11. The first-order valence-electron chi connectivity index (χ1n) is 7.08. The van der Waals surface area contributed by atoms with Crippen molar-refractivity contribution in [1.82, 2.24) is 0 Å². The number of ether oxygens (including phenoxy) is 3. The average molecular weight is 342 g/mol. The van der Waals surface area contributed by atoms with E-state index in [0.717, 1.165) is 0 Å². The Morgan fingerprint density at radius 2 is 1.26 bits per heavy atom. The molecule has 0 radical (unpaired) electrons. The van der Waals surface area contributed by atoms with Crippen LogP contribution in [0.15, 0.2) is 0 Å². The zero-order valence-electron chi connectivity index (χ0n) is 12.0. The van der Waals surface area contributed by atoms with Gasteiger partial charge >= 0.3 is 0 Å². The van der Waals surface area contributed by atoms with Crippen molar-refractivity contribution in [3.8, 4) is 0 Å². The summed E-state index contributed by atoms with van der Waals surface area (Å²) in [6.45, 7) is -1.35. The van der Waals surface area contributed by atoms with Crippen LogP contribution in [-0.4, -0.2) is 115 Å². The molecule has 0 aromatic rings. The van der Waals surface area contributed by atoms with Crippen LogP contribution in [0.3, 0.4) is 0 Å². The van der Waals surface area contributed by atoms with Crippen molar-refractivity contribution >= 4 is 0 Å². The summed E-state index contributed by atoms with van der Waals surface area (Å²) < 4.78 is 15.3. The molecule has 23 heavy (non-hydrogen) atoms. The van der Waals surface area contributed by atoms with Crippen LogP contribution in [0.25, 0.3) is 0 Å². The van der Waals surface area contributed by atoms with Gasteiger partial charge in [-0.15, -0.1) is 0 Å². The van der Waals surface area contributed by atoms with E-state index in [9.17, 15) is 35.7 Å². The van der Waals surface area contributed by atoms with Gasteiger partial charge in [0, 0.05) is 0 Å². The third-order valence-corrected chi connectivity index (χ3v) is 3.98. The molecule has 0 saturated carbocycles. The van der Waals surface area contributed by atoms with Crippen molar-refractivity contribution < 1.29 is 55.1 Å². The summed E-state index contributed by atoms with van der Waals surface area (Å²) in [5, 5.41) is 76.5. The van der Waals surface area contributed by atoms with Gasteiger partial charge in [0.05, 0.1) is 13.2 Å². The minimum atomic E-state index is -1.74. The van der Waals surface area contributed by atoms with Gasteiger partial charge in [-0.3, -0.25) is 0 Å². The smallest absolute Gasteiger partial charge is 0.187 e. The summed E-state index contributed by atoms with van der Waals surface area (Å²) in [6.07, 6.45) is -15.6. The Labute approximate surface area is 130 Å². The van der Waals surface area contributed by atoms with Crippen molar-refractivity contribution in [2.24, 2.45) is 0 Å². The van der Waals surface area contributed by atoms with Crippen LogP contribution in [0.5, 0.6) is 0 Å². The van der Waals surface area contributed by atoms with Gasteiger partial charge in [-0.25, -0.2) is 0 Å². The molecule has 2 rings (SSSR count). The zero-order chi connectivity index (χ0) is 17.3. The molecule has 11 nitrogen and oxygen atoms in total. The van der Waals surface area contributed by atoms with Crippen molar-refractivity contribution in [2.45, 2.75) is 61.4 Å². The molecule has 2 aliphatic rings. The van der Waals surface area contributed by atoms with Gasteiger partial charge in [-0.1, -0.05) is 0 Å². The van der Waals surface area contributed by atoms with Crippen LogP contribution < -0.4 is 0 Å². The molecule has 136 valence electrons. The molecule has 0 aromatic heterocycles. The zero-order valence-corrected chi connectivity index (χ0v) is 12.0. The summed E-state index contributed by atoms with van der Waals surface area (Å²) >= 11 is 0. The summed E-state index contributed by atoms with van der Waals surface area (Å²) in [6, 6.07) is 0. The van der Waals surface area contributed by atoms with E-state index in [0.29, 0.717) is 0 Å². The summed E-state index contributed by atoms with van der Waals surface area (Å²) in [4.78, 5) is 0. The molecule has 2 fully saturated rings. The predicted octanol–water partition coefficient (Wildman–Crippen LogP) is -5.40. The third kappa shape index (κ3) is 3.65. The molecule has 2 aliphatic heterocycles. The Bertz CT molecular complexity index is 378. The average Bonchev–Trinajstić information content (AvgIpc) is 2.55. The van der Waals surface area contributed by atoms with Crippen LogP contribution in [-0.2, 0) is 14.2 Å². The fourth-order valence-corrected chi connectivity index (χ4v) is 2.57. The molecule has 8 N–H and O–H groups in total. The van der Waals surface area contributed by atoms with Crippen LogP contribution in [0, 0.1) is 0 Å². The molecular weight excluding hydrogens is 320 g/mol. The van der Waals surface area contributed by atoms with Gasteiger partial charge in [-0.2, -0.15) is 0 Å². The summed E-state index contributed by atoms with van der Waals surface area (Å²) in [7, 11) is 0. The van der Waals surface area contributed by atoms with Crippen LogP contribution in [0.1, 0.15) is 0 Å². The highest BCUT2D eigenvalue weighted by Crippen LogP contribution is 2.28. The van der Waals surface area contributed by atoms with E-state index in [1.807, 2.05) is 0 Å². The lowest BCUT2D eigenvalue weighted by Gasteiger charge is -2.45. The van der Waals surface area contributed by atoms with Crippen LogP contribution in [0.2, 0.25) is 0 Å². The second-order valence-corrected chi connectivity index (χ2v) is 5.53. The topological polar surface area (TPSA) is 190 Å². The summed E-state index contributed by atoms with van der Waals surface area (Å²) in [5.41, 5.74) is 0. The SMILES string of the molecule is OCC1O[C@H](O)C(O)[C@H](O)[C@@H]1O[C@H]1OC(CO)[C@H](O)[C@@H](O)C1O. The second kappa shape index (κ2) is 7.63. The Morgan fingerprint density at radius 1 is 0.652 bits per heavy atom. The first-order chi connectivity index (χ1) is 10.8. The molecule has 0 aliphatic carbocycles. The fourth-order valence-electron chi connectivity index (χ4n) is 2.57. The monoisotopic (exact) mass is 342 g/mol. The van der Waals surface area contributed by atoms with Crippen LogP contribution in [0.4, 0.5) is 0 Å². The van der Waals surface area contributed by atoms with E-state index in [1.54, 1.807) is 0 Å². The number of rotatable bonds is 4. The summed E-state index contributed by atoms with van der Waals surface area (Å²) in [5.74, 6) is 0. The normalized spacial score (nSPS) is 51.7. The van der Waals surface area contributed by atoms with Gasteiger partial charge in [0.2, 0.25) is 0 Å². The van der Waals surface area contributed by atoms with Crippen LogP contribution >= 0.6 is 0 Å². The van der Waals surface area contributed by atoms with E-state index >= 15 is 0 Å². The molecule has 0 amide bonds. The first-order valence-corrected chi connectivity index (χ1v) is 7.08. The van der Waals surface area contributed by atoms with Crippen molar-refractivity contribution in [3.63, 3.8) is 0 Å². The molecule has 4 unspecified atom stereocenters. The number of hydrogen-bond donors (Lipinski definition) is 8. The van der Waals surface area contributed by atoms with E-state index in [1.165, 1.54) is 0 Å². The Hall–Kier alpha value is -0.440. The third-order valence-electron chi connectivity index (χ3n) is 3.98. The first kappa shape index (κ1) is 18.9. The lowest BCUT2D eigenvalue weighted by Crippen LogP contribution is -2.64.